The number of fused-ring (bicyclic) bond motifs is 1. The van der Waals surface area contributed by atoms with Gasteiger partial charge in [-0.25, -0.2) is 0 Å². The van der Waals surface area contributed by atoms with E-state index in [0.717, 1.165) is 24.3 Å². The van der Waals surface area contributed by atoms with Crippen molar-refractivity contribution < 1.29 is 4.74 Å². The number of hydrogen-bond donors (Lipinski definition) is 0. The molecule has 3 rings (SSSR count). The van der Waals surface area contributed by atoms with Crippen LogP contribution in [-0.4, -0.2) is 21.2 Å². The van der Waals surface area contributed by atoms with Gasteiger partial charge in [0.25, 0.3) is 0 Å². The molecule has 1 aromatic rings. The van der Waals surface area contributed by atoms with E-state index in [1.54, 1.807) is 0 Å². The highest BCUT2D eigenvalue weighted by molar-refractivity contribution is 7.80. The quantitative estimate of drug-likeness (QED) is 0.462. The fraction of sp³-hybridized carbons (Fsp3) is 0.522. The summed E-state index contributed by atoms with van der Waals surface area (Å²) in [6, 6.07) is 10.7. The van der Waals surface area contributed by atoms with E-state index in [9.17, 15) is 0 Å². The average Bonchev–Trinajstić information content (AvgIpc) is 2.83. The molecule has 2 fully saturated rings. The summed E-state index contributed by atoms with van der Waals surface area (Å²) in [6.07, 6.45) is 6.86. The van der Waals surface area contributed by atoms with Crippen LogP contribution < -0.4 is 0 Å². The number of rotatable bonds is 5. The third-order valence-corrected chi connectivity index (χ3v) is 7.04. The lowest BCUT2D eigenvalue weighted by atomic mass is 9.66. The van der Waals surface area contributed by atoms with Gasteiger partial charge in [-0.1, -0.05) is 61.6 Å². The van der Waals surface area contributed by atoms with Gasteiger partial charge in [-0.05, 0) is 51.5 Å². The number of nitrogens with zero attached hydrogens (tertiary/aromatic N) is 1. The Balaban J connectivity index is 2.13. The van der Waals surface area contributed by atoms with Crippen LogP contribution in [0.3, 0.4) is 0 Å². The van der Waals surface area contributed by atoms with Crippen molar-refractivity contribution in [2.75, 3.05) is 0 Å². The molecule has 0 unspecified atom stereocenters. The fourth-order valence-electron chi connectivity index (χ4n) is 5.03. The van der Waals surface area contributed by atoms with Crippen LogP contribution >= 0.6 is 12.2 Å². The summed E-state index contributed by atoms with van der Waals surface area (Å²) in [5.41, 5.74) is 0.452. The highest BCUT2D eigenvalue weighted by Gasteiger charge is 2.61. The van der Waals surface area contributed by atoms with Gasteiger partial charge >= 0.3 is 0 Å². The predicted octanol–water partition coefficient (Wildman–Crippen LogP) is 6.06. The van der Waals surface area contributed by atoms with Crippen molar-refractivity contribution in [3.63, 3.8) is 0 Å². The predicted molar refractivity (Wildman–Crippen MR) is 113 cm³/mol. The minimum atomic E-state index is -0.368. The lowest BCUT2D eigenvalue weighted by molar-refractivity contribution is -0.121. The van der Waals surface area contributed by atoms with Crippen LogP contribution in [-0.2, 0) is 4.74 Å². The summed E-state index contributed by atoms with van der Waals surface area (Å²) in [4.78, 5) is 3.39. The van der Waals surface area contributed by atoms with Crippen LogP contribution in [0.25, 0.3) is 0 Å². The molecule has 2 aliphatic rings. The van der Waals surface area contributed by atoms with Gasteiger partial charge < -0.3 is 9.64 Å². The molecule has 0 radical (unpaired) electrons. The minimum absolute atomic E-state index is 0.0997. The van der Waals surface area contributed by atoms with E-state index >= 15 is 0 Å². The van der Waals surface area contributed by atoms with Gasteiger partial charge in [-0.15, -0.1) is 13.2 Å². The molecule has 1 aromatic carbocycles. The minimum Gasteiger partial charge on any atom is -0.348 e. The summed E-state index contributed by atoms with van der Waals surface area (Å²) >= 11 is 6.19. The zero-order valence-corrected chi connectivity index (χ0v) is 17.3. The molecular formula is C23H31NOS. The van der Waals surface area contributed by atoms with E-state index in [1.165, 1.54) is 5.56 Å². The van der Waals surface area contributed by atoms with Gasteiger partial charge in [0.2, 0.25) is 0 Å². The van der Waals surface area contributed by atoms with E-state index in [0.29, 0.717) is 0 Å². The Hall–Kier alpha value is -1.45. The van der Waals surface area contributed by atoms with Crippen molar-refractivity contribution >= 4 is 17.2 Å². The van der Waals surface area contributed by atoms with Crippen molar-refractivity contribution in [3.8, 4) is 0 Å². The molecule has 2 saturated heterocycles. The first-order valence-electron chi connectivity index (χ1n) is 9.54. The Bertz CT molecular complexity index is 712. The van der Waals surface area contributed by atoms with Crippen molar-refractivity contribution in [1.29, 1.82) is 0 Å². The number of benzene rings is 1. The highest BCUT2D eigenvalue weighted by Crippen LogP contribution is 2.58. The maximum Gasteiger partial charge on any atom is 0.140 e. The molecule has 2 aliphatic heterocycles. The molecule has 0 N–H and O–H groups in total. The molecule has 0 aromatic heterocycles. The van der Waals surface area contributed by atoms with Gasteiger partial charge in [0, 0.05) is 5.41 Å². The Labute approximate surface area is 163 Å². The second-order valence-corrected chi connectivity index (χ2v) is 8.93. The summed E-state index contributed by atoms with van der Waals surface area (Å²) in [6.45, 7) is 16.9. The molecule has 3 heteroatoms. The van der Waals surface area contributed by atoms with Crippen LogP contribution in [0.5, 0.6) is 0 Å². The SMILES string of the molecule is C=CC[C@]1([C@@H](C)C=C)CC[C@]2(C)OC(C)(C)[C@@H](c3ccccc3)N2C1=S. The summed E-state index contributed by atoms with van der Waals surface area (Å²) in [5, 5.41) is 0. The number of hydrogen-bond acceptors (Lipinski definition) is 2. The van der Waals surface area contributed by atoms with E-state index in [-0.39, 0.29) is 28.7 Å². The summed E-state index contributed by atoms with van der Waals surface area (Å²) in [5.74, 6) is 0.290. The molecule has 2 nitrogen and oxygen atoms in total. The standard InChI is InChI=1S/C23H31NOS/c1-7-14-23(17(3)8-2)16-15-22(6)24(20(23)26)19(21(4,5)25-22)18-12-10-9-11-13-18/h7-13,17,19H,1-2,14-16H2,3-6H3/t17-,19+,22-,23+/m0/s1. The van der Waals surface area contributed by atoms with Gasteiger partial charge in [0.05, 0.1) is 16.6 Å². The number of ether oxygens (including phenoxy) is 1. The zero-order valence-electron chi connectivity index (χ0n) is 16.5. The fourth-order valence-corrected chi connectivity index (χ4v) is 5.70. The summed E-state index contributed by atoms with van der Waals surface area (Å²) < 4.78 is 6.65. The molecule has 0 spiro atoms. The van der Waals surface area contributed by atoms with E-state index in [1.807, 2.05) is 12.2 Å². The Morgan fingerprint density at radius 2 is 1.88 bits per heavy atom. The van der Waals surface area contributed by atoms with E-state index in [2.05, 4.69) is 76.1 Å². The largest absolute Gasteiger partial charge is 0.348 e. The normalized spacial score (nSPS) is 34.2. The van der Waals surface area contributed by atoms with Crippen molar-refractivity contribution in [3.05, 3.63) is 61.2 Å². The third kappa shape index (κ3) is 2.76. The Morgan fingerprint density at radius 3 is 2.46 bits per heavy atom. The Morgan fingerprint density at radius 1 is 1.23 bits per heavy atom. The van der Waals surface area contributed by atoms with Gasteiger partial charge in [-0.3, -0.25) is 0 Å². The van der Waals surface area contributed by atoms with Crippen LogP contribution in [0.2, 0.25) is 0 Å². The summed E-state index contributed by atoms with van der Waals surface area (Å²) in [7, 11) is 0. The second kappa shape index (κ2) is 6.61. The van der Waals surface area contributed by atoms with Crippen molar-refractivity contribution in [2.45, 2.75) is 64.3 Å². The first kappa shape index (κ1) is 19.3. The lowest BCUT2D eigenvalue weighted by Gasteiger charge is -2.53. The molecule has 2 heterocycles. The molecule has 0 amide bonds. The van der Waals surface area contributed by atoms with Crippen LogP contribution in [0, 0.1) is 11.3 Å². The lowest BCUT2D eigenvalue weighted by Crippen LogP contribution is -2.58. The number of piperidine rings is 1. The molecule has 0 bridgehead atoms. The average molecular weight is 370 g/mol. The first-order valence-corrected chi connectivity index (χ1v) is 9.95. The van der Waals surface area contributed by atoms with Gasteiger partial charge in [-0.2, -0.15) is 0 Å². The smallest absolute Gasteiger partial charge is 0.140 e. The van der Waals surface area contributed by atoms with Crippen LogP contribution in [0.15, 0.2) is 55.6 Å². The van der Waals surface area contributed by atoms with Gasteiger partial charge in [0.15, 0.2) is 0 Å². The maximum atomic E-state index is 6.65. The van der Waals surface area contributed by atoms with Crippen molar-refractivity contribution in [1.82, 2.24) is 4.90 Å². The second-order valence-electron chi connectivity index (χ2n) is 8.54. The first-order chi connectivity index (χ1) is 12.2. The number of allylic oxidation sites excluding steroid dienone is 2. The molecule has 140 valence electrons. The molecular weight excluding hydrogens is 338 g/mol. The molecule has 0 saturated carbocycles. The maximum absolute atomic E-state index is 6.65. The van der Waals surface area contributed by atoms with Crippen molar-refractivity contribution in [2.24, 2.45) is 11.3 Å². The van der Waals surface area contributed by atoms with Gasteiger partial charge in [0.1, 0.15) is 5.72 Å². The van der Waals surface area contributed by atoms with Crippen LogP contribution in [0.1, 0.15) is 58.6 Å². The number of thiocarbonyl (C=S) groups is 1. The zero-order chi connectivity index (χ0) is 19.2. The Kier molecular flexibility index (Phi) is 4.91. The molecule has 0 aliphatic carbocycles. The highest BCUT2D eigenvalue weighted by atomic mass is 32.1. The van der Waals surface area contributed by atoms with E-state index in [4.69, 9.17) is 17.0 Å². The van der Waals surface area contributed by atoms with E-state index < -0.39 is 0 Å². The third-order valence-electron chi connectivity index (χ3n) is 6.44. The van der Waals surface area contributed by atoms with Crippen LogP contribution in [0.4, 0.5) is 0 Å². The topological polar surface area (TPSA) is 12.5 Å². The molecule has 4 atom stereocenters. The molecule has 26 heavy (non-hydrogen) atoms. The monoisotopic (exact) mass is 369 g/mol.